The molecule has 104 valence electrons. The normalized spacial score (nSPS) is 29.4. The Bertz CT molecular complexity index is 266. The highest BCUT2D eigenvalue weighted by Gasteiger charge is 2.24. The van der Waals surface area contributed by atoms with E-state index < -0.39 is 0 Å². The molecule has 2 N–H and O–H groups in total. The molecule has 0 radical (unpaired) electrons. The van der Waals surface area contributed by atoms with E-state index in [1.54, 1.807) is 0 Å². The van der Waals surface area contributed by atoms with E-state index in [9.17, 15) is 4.79 Å². The fraction of sp³-hybridized carbons (Fsp3) is 0.933. The second kappa shape index (κ2) is 6.55. The molecule has 0 unspecified atom stereocenters. The van der Waals surface area contributed by atoms with E-state index in [1.165, 1.54) is 38.5 Å². The van der Waals surface area contributed by atoms with Crippen LogP contribution in [0.15, 0.2) is 0 Å². The van der Waals surface area contributed by atoms with Gasteiger partial charge in [0.25, 0.3) is 0 Å². The maximum atomic E-state index is 12.1. The van der Waals surface area contributed by atoms with Gasteiger partial charge in [-0.1, -0.05) is 12.8 Å². The Morgan fingerprint density at radius 3 is 2.33 bits per heavy atom. The van der Waals surface area contributed by atoms with Crippen molar-refractivity contribution in [2.24, 2.45) is 11.7 Å². The molecule has 2 aliphatic rings. The van der Waals surface area contributed by atoms with Gasteiger partial charge in [0.05, 0.1) is 0 Å². The minimum Gasteiger partial charge on any atom is -0.343 e. The van der Waals surface area contributed by atoms with Crippen LogP contribution in [0.2, 0.25) is 0 Å². The lowest BCUT2D eigenvalue weighted by Crippen LogP contribution is -2.35. The maximum absolute atomic E-state index is 12.1. The SMILES string of the molecule is CN(C(=O)CCC1CCC(N)CC1)C1CCCC1. The molecule has 2 saturated carbocycles. The monoisotopic (exact) mass is 252 g/mol. The lowest BCUT2D eigenvalue weighted by molar-refractivity contribution is -0.132. The van der Waals surface area contributed by atoms with E-state index in [0.717, 1.165) is 31.6 Å². The van der Waals surface area contributed by atoms with Crippen LogP contribution in [0.1, 0.15) is 64.2 Å². The highest BCUT2D eigenvalue weighted by molar-refractivity contribution is 5.76. The fourth-order valence-electron chi connectivity index (χ4n) is 3.48. The molecule has 3 nitrogen and oxygen atoms in total. The largest absolute Gasteiger partial charge is 0.343 e. The molecule has 2 rings (SSSR count). The topological polar surface area (TPSA) is 46.3 Å². The molecule has 0 heterocycles. The van der Waals surface area contributed by atoms with Crippen molar-refractivity contribution in [1.82, 2.24) is 4.90 Å². The van der Waals surface area contributed by atoms with E-state index in [-0.39, 0.29) is 0 Å². The molecule has 0 spiro atoms. The zero-order valence-electron chi connectivity index (χ0n) is 11.7. The van der Waals surface area contributed by atoms with Crippen LogP contribution >= 0.6 is 0 Å². The van der Waals surface area contributed by atoms with Crippen LogP contribution in [-0.4, -0.2) is 29.9 Å². The quantitative estimate of drug-likeness (QED) is 0.836. The van der Waals surface area contributed by atoms with Gasteiger partial charge in [-0.25, -0.2) is 0 Å². The van der Waals surface area contributed by atoms with Gasteiger partial charge in [0, 0.05) is 25.6 Å². The van der Waals surface area contributed by atoms with Crippen molar-refractivity contribution in [3.63, 3.8) is 0 Å². The molecule has 0 aromatic heterocycles. The Kier molecular flexibility index (Phi) is 5.04. The molecule has 0 aliphatic heterocycles. The molecule has 1 amide bonds. The molecule has 0 saturated heterocycles. The van der Waals surface area contributed by atoms with Crippen molar-refractivity contribution in [2.45, 2.75) is 76.3 Å². The Balaban J connectivity index is 1.67. The van der Waals surface area contributed by atoms with Crippen molar-refractivity contribution >= 4 is 5.91 Å². The number of hydrogen-bond acceptors (Lipinski definition) is 2. The fourth-order valence-corrected chi connectivity index (χ4v) is 3.48. The van der Waals surface area contributed by atoms with Crippen LogP contribution in [0.3, 0.4) is 0 Å². The van der Waals surface area contributed by atoms with Crippen molar-refractivity contribution < 1.29 is 4.79 Å². The molecule has 0 atom stereocenters. The van der Waals surface area contributed by atoms with Crippen molar-refractivity contribution in [2.75, 3.05) is 7.05 Å². The summed E-state index contributed by atoms with van der Waals surface area (Å²) < 4.78 is 0. The molecular formula is C15H28N2O. The molecule has 0 aromatic carbocycles. The van der Waals surface area contributed by atoms with Crippen molar-refractivity contribution in [3.05, 3.63) is 0 Å². The number of carbonyl (C=O) groups excluding carboxylic acids is 1. The summed E-state index contributed by atoms with van der Waals surface area (Å²) in [6, 6.07) is 0.940. The predicted octanol–water partition coefficient (Wildman–Crippen LogP) is 2.69. The average Bonchev–Trinajstić information content (AvgIpc) is 2.90. The standard InChI is InChI=1S/C15H28N2O/c1-17(14-4-2-3-5-14)15(18)11-8-12-6-9-13(16)10-7-12/h12-14H,2-11,16H2,1H3. The summed E-state index contributed by atoms with van der Waals surface area (Å²) in [5, 5.41) is 0. The number of carbonyl (C=O) groups is 1. The molecule has 2 fully saturated rings. The van der Waals surface area contributed by atoms with Crippen molar-refractivity contribution in [3.8, 4) is 0 Å². The van der Waals surface area contributed by atoms with E-state index in [1.807, 2.05) is 11.9 Å². The number of rotatable bonds is 4. The summed E-state index contributed by atoms with van der Waals surface area (Å²) in [4.78, 5) is 14.2. The molecule has 0 aromatic rings. The van der Waals surface area contributed by atoms with Crippen LogP contribution in [-0.2, 0) is 4.79 Å². The second-order valence-corrected chi connectivity index (χ2v) is 6.26. The Hall–Kier alpha value is -0.570. The van der Waals surface area contributed by atoms with E-state index in [2.05, 4.69) is 0 Å². The van der Waals surface area contributed by atoms with Gasteiger partial charge < -0.3 is 10.6 Å². The van der Waals surface area contributed by atoms with Gasteiger partial charge in [-0.2, -0.15) is 0 Å². The Labute approximate surface area is 111 Å². The number of hydrogen-bond donors (Lipinski definition) is 1. The average molecular weight is 252 g/mol. The van der Waals surface area contributed by atoms with E-state index >= 15 is 0 Å². The van der Waals surface area contributed by atoms with Crippen LogP contribution in [0.25, 0.3) is 0 Å². The first kappa shape index (κ1) is 13.9. The first-order valence-electron chi connectivity index (χ1n) is 7.68. The lowest BCUT2D eigenvalue weighted by atomic mass is 9.83. The molecular weight excluding hydrogens is 224 g/mol. The molecule has 3 heteroatoms. The van der Waals surface area contributed by atoms with Crippen LogP contribution in [0.5, 0.6) is 0 Å². The highest BCUT2D eigenvalue weighted by atomic mass is 16.2. The Morgan fingerprint density at radius 1 is 1.11 bits per heavy atom. The van der Waals surface area contributed by atoms with E-state index in [0.29, 0.717) is 18.0 Å². The predicted molar refractivity (Wildman–Crippen MR) is 74.2 cm³/mol. The van der Waals surface area contributed by atoms with E-state index in [4.69, 9.17) is 5.73 Å². The minimum atomic E-state index is 0.358. The second-order valence-electron chi connectivity index (χ2n) is 6.26. The highest BCUT2D eigenvalue weighted by Crippen LogP contribution is 2.28. The third kappa shape index (κ3) is 3.71. The van der Waals surface area contributed by atoms with Gasteiger partial charge in [-0.3, -0.25) is 4.79 Å². The zero-order chi connectivity index (χ0) is 13.0. The number of nitrogens with two attached hydrogens (primary N) is 1. The summed E-state index contributed by atoms with van der Waals surface area (Å²) >= 11 is 0. The lowest BCUT2D eigenvalue weighted by Gasteiger charge is -2.28. The zero-order valence-corrected chi connectivity index (χ0v) is 11.7. The molecule has 18 heavy (non-hydrogen) atoms. The van der Waals surface area contributed by atoms with Gasteiger partial charge >= 0.3 is 0 Å². The first-order chi connectivity index (χ1) is 8.66. The summed E-state index contributed by atoms with van der Waals surface area (Å²) in [7, 11) is 2.00. The number of amides is 1. The summed E-state index contributed by atoms with van der Waals surface area (Å²) in [5.74, 6) is 1.10. The van der Waals surface area contributed by atoms with Gasteiger partial charge in [0.15, 0.2) is 0 Å². The third-order valence-electron chi connectivity index (χ3n) is 4.92. The Morgan fingerprint density at radius 2 is 1.72 bits per heavy atom. The minimum absolute atomic E-state index is 0.358. The summed E-state index contributed by atoms with van der Waals surface area (Å²) in [6.07, 6.45) is 11.6. The van der Waals surface area contributed by atoms with Crippen LogP contribution < -0.4 is 5.73 Å². The first-order valence-corrected chi connectivity index (χ1v) is 7.68. The summed E-state index contributed by atoms with van der Waals surface area (Å²) in [6.45, 7) is 0. The summed E-state index contributed by atoms with van der Waals surface area (Å²) in [5.41, 5.74) is 5.91. The third-order valence-corrected chi connectivity index (χ3v) is 4.92. The van der Waals surface area contributed by atoms with Gasteiger partial charge in [0.2, 0.25) is 5.91 Å². The molecule has 2 aliphatic carbocycles. The van der Waals surface area contributed by atoms with Gasteiger partial charge in [0.1, 0.15) is 0 Å². The number of nitrogens with zero attached hydrogens (tertiary/aromatic N) is 1. The smallest absolute Gasteiger partial charge is 0.222 e. The molecule has 0 bridgehead atoms. The van der Waals surface area contributed by atoms with Gasteiger partial charge in [-0.05, 0) is 50.9 Å². The van der Waals surface area contributed by atoms with Crippen LogP contribution in [0.4, 0.5) is 0 Å². The van der Waals surface area contributed by atoms with Crippen LogP contribution in [0, 0.1) is 5.92 Å². The maximum Gasteiger partial charge on any atom is 0.222 e. The van der Waals surface area contributed by atoms with Crippen molar-refractivity contribution in [1.29, 1.82) is 0 Å². The van der Waals surface area contributed by atoms with Gasteiger partial charge in [-0.15, -0.1) is 0 Å².